The first kappa shape index (κ1) is 27.8. The van der Waals surface area contributed by atoms with Crippen molar-refractivity contribution in [1.82, 2.24) is 9.55 Å². The maximum Gasteiger partial charge on any atom is 0.335 e. The van der Waals surface area contributed by atoms with Crippen LogP contribution in [0.3, 0.4) is 0 Å². The molecule has 3 N–H and O–H groups in total. The molecule has 0 aliphatic heterocycles. The Morgan fingerprint density at radius 1 is 0.951 bits per heavy atom. The number of hydrogen-bond donors (Lipinski definition) is 2. The Labute approximate surface area is 235 Å². The molecular formula is C32H29F2N3O4. The van der Waals surface area contributed by atoms with E-state index < -0.39 is 11.8 Å². The monoisotopic (exact) mass is 557 g/mol. The number of imidazole rings is 1. The molecule has 0 saturated carbocycles. The van der Waals surface area contributed by atoms with Gasteiger partial charge in [0.2, 0.25) is 0 Å². The average Bonchev–Trinajstić information content (AvgIpc) is 3.29. The Hall–Kier alpha value is -4.76. The number of fused-ring (bicyclic) bond motifs is 1. The molecule has 0 bridgehead atoms. The van der Waals surface area contributed by atoms with Crippen molar-refractivity contribution in [1.29, 1.82) is 0 Å². The Kier molecular flexibility index (Phi) is 7.98. The van der Waals surface area contributed by atoms with Crippen molar-refractivity contribution in [3.05, 3.63) is 113 Å². The summed E-state index contributed by atoms with van der Waals surface area (Å²) in [5.74, 6) is -0.832. The first-order chi connectivity index (χ1) is 19.7. The van der Waals surface area contributed by atoms with Crippen molar-refractivity contribution in [3.63, 3.8) is 0 Å². The van der Waals surface area contributed by atoms with E-state index in [4.69, 9.17) is 15.2 Å². The van der Waals surface area contributed by atoms with Crippen molar-refractivity contribution in [2.75, 3.05) is 19.5 Å². The third-order valence-corrected chi connectivity index (χ3v) is 6.93. The Balaban J connectivity index is 1.40. The maximum atomic E-state index is 15.4. The van der Waals surface area contributed by atoms with Crippen LogP contribution in [0.5, 0.6) is 5.75 Å². The highest BCUT2D eigenvalue weighted by atomic mass is 19.1. The normalized spacial score (nSPS) is 11.2. The summed E-state index contributed by atoms with van der Waals surface area (Å²) in [6.45, 7) is 2.64. The minimum Gasteiger partial charge on any atom is -0.487 e. The van der Waals surface area contributed by atoms with Crippen molar-refractivity contribution in [2.24, 2.45) is 0 Å². The number of nitrogens with two attached hydrogens (primary N) is 1. The van der Waals surface area contributed by atoms with Gasteiger partial charge in [0.25, 0.3) is 0 Å². The van der Waals surface area contributed by atoms with Gasteiger partial charge in [-0.3, -0.25) is 0 Å². The van der Waals surface area contributed by atoms with Crippen LogP contribution in [0.2, 0.25) is 0 Å². The number of halogens is 2. The summed E-state index contributed by atoms with van der Waals surface area (Å²) < 4.78 is 42.6. The molecule has 9 heteroatoms. The van der Waals surface area contributed by atoms with Crippen LogP contribution in [0.25, 0.3) is 22.2 Å². The summed E-state index contributed by atoms with van der Waals surface area (Å²) in [6.07, 6.45) is 0.200. The molecule has 41 heavy (non-hydrogen) atoms. The van der Waals surface area contributed by atoms with Crippen molar-refractivity contribution in [3.8, 4) is 16.9 Å². The quantitative estimate of drug-likeness (QED) is 0.193. The number of nitrogen functional groups attached to an aromatic ring is 1. The number of carboxylic acid groups (broad SMARTS) is 1. The molecule has 7 nitrogen and oxygen atoms in total. The predicted octanol–water partition coefficient (Wildman–Crippen LogP) is 6.39. The molecule has 0 spiro atoms. The van der Waals surface area contributed by atoms with Gasteiger partial charge in [0.15, 0.2) is 0 Å². The number of anilines is 1. The van der Waals surface area contributed by atoms with Crippen LogP contribution in [0, 0.1) is 18.6 Å². The van der Waals surface area contributed by atoms with Gasteiger partial charge in [0.05, 0.1) is 28.9 Å². The second-order valence-electron chi connectivity index (χ2n) is 9.80. The second-order valence-corrected chi connectivity index (χ2v) is 9.80. The maximum absolute atomic E-state index is 15.4. The molecule has 1 aromatic heterocycles. The molecular weight excluding hydrogens is 528 g/mol. The molecule has 4 aromatic carbocycles. The van der Waals surface area contributed by atoms with Gasteiger partial charge in [-0.1, -0.05) is 30.3 Å². The lowest BCUT2D eigenvalue weighted by molar-refractivity contribution is 0.0697. The number of rotatable bonds is 10. The zero-order valence-corrected chi connectivity index (χ0v) is 22.7. The molecule has 0 aliphatic carbocycles. The highest BCUT2D eigenvalue weighted by Crippen LogP contribution is 2.31. The number of aromatic nitrogens is 2. The van der Waals surface area contributed by atoms with Gasteiger partial charge in [0, 0.05) is 25.6 Å². The third-order valence-electron chi connectivity index (χ3n) is 6.93. The van der Waals surface area contributed by atoms with Gasteiger partial charge in [-0.15, -0.1) is 0 Å². The molecule has 5 aromatic rings. The third kappa shape index (κ3) is 6.05. The minimum absolute atomic E-state index is 0.00506. The summed E-state index contributed by atoms with van der Waals surface area (Å²) in [5, 5.41) is 9.41. The van der Waals surface area contributed by atoms with Gasteiger partial charge < -0.3 is 24.9 Å². The fourth-order valence-corrected chi connectivity index (χ4v) is 4.68. The summed E-state index contributed by atoms with van der Waals surface area (Å²) in [7, 11) is 1.58. The highest BCUT2D eigenvalue weighted by Gasteiger charge is 2.16. The first-order valence-corrected chi connectivity index (χ1v) is 13.0. The summed E-state index contributed by atoms with van der Waals surface area (Å²) in [5.41, 5.74) is 10.9. The summed E-state index contributed by atoms with van der Waals surface area (Å²) in [6, 6.07) is 19.7. The van der Waals surface area contributed by atoms with E-state index in [1.54, 1.807) is 55.6 Å². The molecule has 0 amide bonds. The van der Waals surface area contributed by atoms with Gasteiger partial charge in [0.1, 0.15) is 29.8 Å². The van der Waals surface area contributed by atoms with Crippen LogP contribution < -0.4 is 10.5 Å². The Morgan fingerprint density at radius 3 is 2.41 bits per heavy atom. The largest absolute Gasteiger partial charge is 0.487 e. The number of methoxy groups -OCH3 is 1. The van der Waals surface area contributed by atoms with E-state index in [1.807, 2.05) is 17.6 Å². The van der Waals surface area contributed by atoms with Gasteiger partial charge in [-0.2, -0.15) is 0 Å². The zero-order chi connectivity index (χ0) is 29.1. The van der Waals surface area contributed by atoms with E-state index in [2.05, 4.69) is 4.98 Å². The molecule has 0 unspecified atom stereocenters. The van der Waals surface area contributed by atoms with Crippen LogP contribution in [0.4, 0.5) is 14.5 Å². The standard InChI is InChI=1S/C32H29F2N3O4/c1-19-3-4-24(25(33)13-19)18-41-30-16-21(7-9-27(30)35)20-5-6-22(26(34)14-20)17-31-36-28-10-8-23(32(38)39)15-29(28)37(31)11-12-40-2/h3-10,13-16H,11-12,17-18,35H2,1-2H3,(H,38,39). The topological polar surface area (TPSA) is 99.6 Å². The van der Waals surface area contributed by atoms with Crippen LogP contribution in [-0.4, -0.2) is 34.3 Å². The highest BCUT2D eigenvalue weighted by molar-refractivity contribution is 5.92. The van der Waals surface area contributed by atoms with Gasteiger partial charge in [-0.25, -0.2) is 18.6 Å². The molecule has 0 radical (unpaired) electrons. The zero-order valence-electron chi connectivity index (χ0n) is 22.7. The number of ether oxygens (including phenoxy) is 2. The molecule has 5 rings (SSSR count). The number of hydrogen-bond acceptors (Lipinski definition) is 5. The number of carboxylic acids is 1. The van der Waals surface area contributed by atoms with E-state index >= 15 is 4.39 Å². The number of carbonyl (C=O) groups is 1. The molecule has 210 valence electrons. The lowest BCUT2D eigenvalue weighted by atomic mass is 10.0. The predicted molar refractivity (Wildman–Crippen MR) is 153 cm³/mol. The van der Waals surface area contributed by atoms with E-state index in [1.165, 1.54) is 18.2 Å². The van der Waals surface area contributed by atoms with Crippen molar-refractivity contribution in [2.45, 2.75) is 26.5 Å². The Morgan fingerprint density at radius 2 is 1.68 bits per heavy atom. The molecule has 1 heterocycles. The summed E-state index contributed by atoms with van der Waals surface area (Å²) >= 11 is 0. The number of aryl methyl sites for hydroxylation is 1. The van der Waals surface area contributed by atoms with E-state index in [0.717, 1.165) is 5.56 Å². The smallest absolute Gasteiger partial charge is 0.335 e. The molecule has 0 fully saturated rings. The van der Waals surface area contributed by atoms with Crippen LogP contribution in [0.15, 0.2) is 72.8 Å². The Bertz CT molecular complexity index is 1750. The summed E-state index contributed by atoms with van der Waals surface area (Å²) in [4.78, 5) is 16.1. The van der Waals surface area contributed by atoms with E-state index in [-0.39, 0.29) is 24.4 Å². The lowest BCUT2D eigenvalue weighted by Gasteiger charge is -2.13. The minimum atomic E-state index is -1.03. The van der Waals surface area contributed by atoms with Gasteiger partial charge in [-0.05, 0) is 71.6 Å². The second kappa shape index (κ2) is 11.8. The van der Waals surface area contributed by atoms with E-state index in [0.29, 0.717) is 63.7 Å². The number of benzene rings is 4. The van der Waals surface area contributed by atoms with Crippen LogP contribution in [0.1, 0.15) is 32.9 Å². The molecule has 0 aliphatic rings. The molecule has 0 saturated heterocycles. The van der Waals surface area contributed by atoms with Crippen molar-refractivity contribution >= 4 is 22.7 Å². The molecule has 0 atom stereocenters. The van der Waals surface area contributed by atoms with Gasteiger partial charge >= 0.3 is 5.97 Å². The fourth-order valence-electron chi connectivity index (χ4n) is 4.68. The lowest BCUT2D eigenvalue weighted by Crippen LogP contribution is -2.10. The first-order valence-electron chi connectivity index (χ1n) is 13.0. The average molecular weight is 558 g/mol. The van der Waals surface area contributed by atoms with Crippen LogP contribution >= 0.6 is 0 Å². The van der Waals surface area contributed by atoms with Crippen LogP contribution in [-0.2, 0) is 24.3 Å². The SMILES string of the molecule is COCCn1c(Cc2ccc(-c3ccc(N)c(OCc4ccc(C)cc4F)c3)cc2F)nc2ccc(C(=O)O)cc21. The number of aromatic carboxylic acids is 1. The number of nitrogens with zero attached hydrogens (tertiary/aromatic N) is 2. The fraction of sp³-hybridized carbons (Fsp3) is 0.188. The van der Waals surface area contributed by atoms with Crippen molar-refractivity contribution < 1.29 is 28.2 Å². The van der Waals surface area contributed by atoms with E-state index in [9.17, 15) is 14.3 Å².